The highest BCUT2D eigenvalue weighted by Gasteiger charge is 2.47. The lowest BCUT2D eigenvalue weighted by molar-refractivity contribution is -0.215. The van der Waals surface area contributed by atoms with Gasteiger partial charge in [0, 0.05) is 50.4 Å². The summed E-state index contributed by atoms with van der Waals surface area (Å²) in [4.78, 5) is 20.5. The Hall–Kier alpha value is -3.24. The van der Waals surface area contributed by atoms with Crippen molar-refractivity contribution in [1.29, 1.82) is 0 Å². The Morgan fingerprint density at radius 2 is 1.26 bits per heavy atom. The first-order valence-corrected chi connectivity index (χ1v) is 18.8. The molecule has 47 heavy (non-hydrogen) atoms. The molecule has 0 aliphatic carbocycles. The van der Waals surface area contributed by atoms with E-state index < -0.39 is 15.6 Å². The number of anilines is 1. The average molecular weight is 664 g/mol. The van der Waals surface area contributed by atoms with Gasteiger partial charge >= 0.3 is 0 Å². The van der Waals surface area contributed by atoms with Crippen LogP contribution in [0.1, 0.15) is 69.3 Å². The second kappa shape index (κ2) is 16.7. The molecule has 0 N–H and O–H groups in total. The maximum Gasteiger partial charge on any atom is 0.255 e. The number of piperidine rings is 2. The Morgan fingerprint density at radius 3 is 1.83 bits per heavy atom. The number of nitrogens with zero attached hydrogens (tertiary/aromatic N) is 3. The molecular formula is C38H53N3O5S. The summed E-state index contributed by atoms with van der Waals surface area (Å²) in [6.07, 6.45) is 3.80. The zero-order chi connectivity index (χ0) is 34.0. The number of rotatable bonds is 7. The lowest BCUT2D eigenvalue weighted by atomic mass is 9.83. The van der Waals surface area contributed by atoms with E-state index >= 15 is 0 Å². The number of hydrogen-bond acceptors (Lipinski definition) is 7. The number of carbonyl (C=O) groups excluding carboxylic acids is 1. The van der Waals surface area contributed by atoms with Crippen molar-refractivity contribution in [2.24, 2.45) is 5.92 Å². The van der Waals surface area contributed by atoms with E-state index in [4.69, 9.17) is 9.47 Å². The summed E-state index contributed by atoms with van der Waals surface area (Å²) in [5.41, 5.74) is 2.59. The molecule has 0 atom stereocenters. The van der Waals surface area contributed by atoms with Crippen molar-refractivity contribution in [3.63, 3.8) is 0 Å². The fourth-order valence-electron chi connectivity index (χ4n) is 6.96. The van der Waals surface area contributed by atoms with Crippen LogP contribution in [0.4, 0.5) is 5.69 Å². The number of sulfone groups is 1. The van der Waals surface area contributed by atoms with Gasteiger partial charge in [-0.2, -0.15) is 0 Å². The maximum absolute atomic E-state index is 13.3. The minimum Gasteiger partial charge on any atom is -0.377 e. The van der Waals surface area contributed by atoms with E-state index in [2.05, 4.69) is 4.90 Å². The molecule has 0 aromatic heterocycles. The molecule has 0 spiro atoms. The molecule has 3 heterocycles. The van der Waals surface area contributed by atoms with Gasteiger partial charge < -0.3 is 24.2 Å². The van der Waals surface area contributed by atoms with E-state index in [9.17, 15) is 13.2 Å². The van der Waals surface area contributed by atoms with E-state index in [0.29, 0.717) is 19.3 Å². The van der Waals surface area contributed by atoms with Gasteiger partial charge in [0.05, 0.1) is 28.6 Å². The maximum atomic E-state index is 13.3. The first kappa shape index (κ1) is 36.6. The van der Waals surface area contributed by atoms with Crippen molar-refractivity contribution in [1.82, 2.24) is 9.80 Å². The molecule has 3 fully saturated rings. The van der Waals surface area contributed by atoms with Crippen molar-refractivity contribution in [3.05, 3.63) is 90.0 Å². The summed E-state index contributed by atoms with van der Waals surface area (Å²) in [5, 5.41) is 0. The minimum absolute atomic E-state index is 0.113. The van der Waals surface area contributed by atoms with Gasteiger partial charge in [-0.15, -0.1) is 0 Å². The summed E-state index contributed by atoms with van der Waals surface area (Å²) in [6.45, 7) is 12.5. The lowest BCUT2D eigenvalue weighted by Gasteiger charge is -2.45. The molecule has 3 aliphatic heterocycles. The van der Waals surface area contributed by atoms with Crippen LogP contribution in [0.15, 0.2) is 88.7 Å². The summed E-state index contributed by atoms with van der Waals surface area (Å²) in [6, 6.07) is 23.8. The molecule has 0 saturated carbocycles. The van der Waals surface area contributed by atoms with Gasteiger partial charge in [-0.3, -0.25) is 4.79 Å². The predicted octanol–water partition coefficient (Wildman–Crippen LogP) is 6.85. The molecule has 1 amide bonds. The normalized spacial score (nSPS) is 18.8. The van der Waals surface area contributed by atoms with Crippen LogP contribution < -0.4 is 4.90 Å². The van der Waals surface area contributed by atoms with Crippen LogP contribution in [0, 0.1) is 5.92 Å². The van der Waals surface area contributed by atoms with Crippen LogP contribution in [0.3, 0.4) is 0 Å². The second-order valence-electron chi connectivity index (χ2n) is 12.0. The van der Waals surface area contributed by atoms with Gasteiger partial charge in [0.15, 0.2) is 5.79 Å². The van der Waals surface area contributed by atoms with Gasteiger partial charge in [0.2, 0.25) is 9.84 Å². The molecule has 9 heteroatoms. The van der Waals surface area contributed by atoms with Gasteiger partial charge in [0.1, 0.15) is 0 Å². The Labute approximate surface area is 282 Å². The van der Waals surface area contributed by atoms with E-state index in [1.807, 2.05) is 94.1 Å². The molecule has 3 saturated heterocycles. The smallest absolute Gasteiger partial charge is 0.255 e. The molecule has 3 aliphatic rings. The van der Waals surface area contributed by atoms with Gasteiger partial charge in [0.25, 0.3) is 5.91 Å². The highest BCUT2D eigenvalue weighted by molar-refractivity contribution is 7.91. The topological polar surface area (TPSA) is 79.4 Å². The number of para-hydroxylation sites is 1. The number of hydrogen-bond donors (Lipinski definition) is 0. The van der Waals surface area contributed by atoms with E-state index in [1.165, 1.54) is 0 Å². The SMILES string of the molecule is CC.CC.CN(C)c1ccccc1C(=O)N1CCC(N2CCC(C3(c4ccc(S(=O)(=O)c5ccccc5)cc4)OCCO3)CC2)CC1. The van der Waals surface area contributed by atoms with Crippen LogP contribution in [-0.2, 0) is 25.1 Å². The zero-order valence-corrected chi connectivity index (χ0v) is 29.8. The summed E-state index contributed by atoms with van der Waals surface area (Å²) < 4.78 is 38.9. The summed E-state index contributed by atoms with van der Waals surface area (Å²) >= 11 is 0. The Kier molecular flexibility index (Phi) is 13.0. The third kappa shape index (κ3) is 7.91. The number of carbonyl (C=O) groups is 1. The molecule has 6 rings (SSSR count). The van der Waals surface area contributed by atoms with Gasteiger partial charge in [-0.25, -0.2) is 8.42 Å². The van der Waals surface area contributed by atoms with E-state index in [1.54, 1.807) is 36.4 Å². The molecular weight excluding hydrogens is 611 g/mol. The lowest BCUT2D eigenvalue weighted by Crippen LogP contribution is -2.51. The average Bonchev–Trinajstić information content (AvgIpc) is 3.65. The Balaban J connectivity index is 0.00000120. The predicted molar refractivity (Wildman–Crippen MR) is 189 cm³/mol. The van der Waals surface area contributed by atoms with Crippen LogP contribution >= 0.6 is 0 Å². The third-order valence-corrected chi connectivity index (χ3v) is 11.1. The molecule has 0 bridgehead atoms. The fourth-order valence-corrected chi connectivity index (χ4v) is 8.24. The molecule has 3 aromatic carbocycles. The monoisotopic (exact) mass is 663 g/mol. The summed E-state index contributed by atoms with van der Waals surface area (Å²) in [7, 11) is 0.353. The molecule has 8 nitrogen and oxygen atoms in total. The van der Waals surface area contributed by atoms with Crippen molar-refractivity contribution >= 4 is 21.4 Å². The van der Waals surface area contributed by atoms with Crippen molar-refractivity contribution in [2.45, 2.75) is 75.0 Å². The second-order valence-corrected chi connectivity index (χ2v) is 13.9. The number of amides is 1. The third-order valence-electron chi connectivity index (χ3n) is 9.29. The standard InChI is InChI=1S/C34H41N3O5S.2C2H6/c1-35(2)32-11-7-6-10-31(32)33(38)37-22-18-28(19-23-37)36-20-16-27(17-21-36)34(41-24-25-42-34)26-12-14-30(15-13-26)43(39,40)29-8-4-3-5-9-29;2*1-2/h3-15,27-28H,16-25H2,1-2H3;2*1-2H3. The Bertz CT molecular complexity index is 1510. The highest BCUT2D eigenvalue weighted by Crippen LogP contribution is 2.44. The Morgan fingerprint density at radius 1 is 0.723 bits per heavy atom. The van der Waals surface area contributed by atoms with Crippen LogP contribution in [0.2, 0.25) is 0 Å². The molecule has 3 aromatic rings. The van der Waals surface area contributed by atoms with Crippen LogP contribution in [0.5, 0.6) is 0 Å². The summed E-state index contributed by atoms with van der Waals surface area (Å²) in [5.74, 6) is -0.565. The number of benzene rings is 3. The highest BCUT2D eigenvalue weighted by atomic mass is 32.2. The van der Waals surface area contributed by atoms with Gasteiger partial charge in [-0.05, 0) is 75.2 Å². The van der Waals surface area contributed by atoms with Crippen LogP contribution in [-0.4, -0.2) is 83.7 Å². The van der Waals surface area contributed by atoms with Gasteiger partial charge in [-0.1, -0.05) is 70.2 Å². The van der Waals surface area contributed by atoms with E-state index in [0.717, 1.165) is 68.7 Å². The van der Waals surface area contributed by atoms with Crippen molar-refractivity contribution < 1.29 is 22.7 Å². The first-order valence-electron chi connectivity index (χ1n) is 17.3. The quantitative estimate of drug-likeness (QED) is 0.274. The van der Waals surface area contributed by atoms with Crippen LogP contribution in [0.25, 0.3) is 0 Å². The molecule has 0 unspecified atom stereocenters. The minimum atomic E-state index is -3.59. The number of likely N-dealkylation sites (tertiary alicyclic amines) is 2. The molecule has 256 valence electrons. The molecule has 0 radical (unpaired) electrons. The van der Waals surface area contributed by atoms with Crippen molar-refractivity contribution in [2.75, 3.05) is 58.4 Å². The van der Waals surface area contributed by atoms with Crippen molar-refractivity contribution in [3.8, 4) is 0 Å². The van der Waals surface area contributed by atoms with E-state index in [-0.39, 0.29) is 21.6 Å². The largest absolute Gasteiger partial charge is 0.377 e. The zero-order valence-electron chi connectivity index (χ0n) is 29.0. The fraction of sp³-hybridized carbons (Fsp3) is 0.500. The first-order chi connectivity index (χ1) is 22.8. The number of ether oxygens (including phenoxy) is 2.